The lowest BCUT2D eigenvalue weighted by atomic mass is 10.1. The summed E-state index contributed by atoms with van der Waals surface area (Å²) in [7, 11) is 4.17. The minimum atomic E-state index is -0.951. The van der Waals surface area contributed by atoms with Crippen molar-refractivity contribution in [2.45, 2.75) is 0 Å². The first kappa shape index (κ1) is 39.1. The van der Waals surface area contributed by atoms with Crippen molar-refractivity contribution in [3.05, 3.63) is 116 Å². The van der Waals surface area contributed by atoms with Crippen molar-refractivity contribution in [1.82, 2.24) is 34.6 Å². The van der Waals surface area contributed by atoms with Crippen LogP contribution in [0.25, 0.3) is 21.1 Å². The summed E-state index contributed by atoms with van der Waals surface area (Å²) < 4.78 is 2.11. The summed E-state index contributed by atoms with van der Waals surface area (Å²) in [6, 6.07) is 25.7. The van der Waals surface area contributed by atoms with Gasteiger partial charge in [-0.25, -0.2) is 24.7 Å². The molecule has 1 fully saturated rings. The number of carboxylic acids is 1. The number of halogens is 2. The lowest BCUT2D eigenvalue weighted by Crippen LogP contribution is -2.49. The van der Waals surface area contributed by atoms with Crippen LogP contribution in [0.2, 0.25) is 0 Å². The minimum Gasteiger partial charge on any atom is -0.478 e. The molecule has 0 saturated carbocycles. The highest BCUT2D eigenvalue weighted by Crippen LogP contribution is 2.31. The van der Waals surface area contributed by atoms with E-state index in [0.29, 0.717) is 17.5 Å². The van der Waals surface area contributed by atoms with Crippen molar-refractivity contribution in [3.63, 3.8) is 0 Å². The Morgan fingerprint density at radius 2 is 1.19 bits per heavy atom. The van der Waals surface area contributed by atoms with Gasteiger partial charge in [0.1, 0.15) is 0 Å². The van der Waals surface area contributed by atoms with E-state index in [9.17, 15) is 9.59 Å². The van der Waals surface area contributed by atoms with Crippen LogP contribution < -0.4 is 10.6 Å². The quantitative estimate of drug-likeness (QED) is 0.116. The number of rotatable bonds is 11. The number of carbonyl (C=O) groups is 2. The molecule has 1 aliphatic heterocycles. The predicted octanol–water partition coefficient (Wildman–Crippen LogP) is 8.44. The number of hydrogen-bond donors (Lipinski definition) is 3. The van der Waals surface area contributed by atoms with Crippen molar-refractivity contribution in [2.24, 2.45) is 0 Å². The summed E-state index contributed by atoms with van der Waals surface area (Å²) in [5.74, 6) is 0.128. The molecule has 0 atom stereocenters. The van der Waals surface area contributed by atoms with Gasteiger partial charge in [-0.05, 0) is 131 Å². The summed E-state index contributed by atoms with van der Waals surface area (Å²) in [5, 5.41) is 15.2. The molecule has 12 nitrogen and oxygen atoms in total. The fraction of sp³-hybridized carbons (Fsp3) is 0.211. The van der Waals surface area contributed by atoms with Crippen molar-refractivity contribution in [1.29, 1.82) is 0 Å². The van der Waals surface area contributed by atoms with Crippen LogP contribution in [0.15, 0.2) is 105 Å². The maximum atomic E-state index is 12.9. The van der Waals surface area contributed by atoms with Crippen molar-refractivity contribution < 1.29 is 14.7 Å². The lowest BCUT2D eigenvalue weighted by molar-refractivity contribution is 0.0629. The molecule has 0 spiro atoms. The molecule has 0 unspecified atom stereocenters. The van der Waals surface area contributed by atoms with E-state index in [4.69, 9.17) is 5.11 Å². The molecule has 7 rings (SSSR count). The monoisotopic (exact) mass is 889 g/mol. The highest BCUT2D eigenvalue weighted by molar-refractivity contribution is 9.11. The minimum absolute atomic E-state index is 0.0883. The summed E-state index contributed by atoms with van der Waals surface area (Å²) >= 11 is 10.1. The average molecular weight is 892 g/mol. The van der Waals surface area contributed by atoms with E-state index in [1.165, 1.54) is 12.1 Å². The zero-order valence-corrected chi connectivity index (χ0v) is 34.3. The number of hydrogen-bond acceptors (Lipinski definition) is 12. The van der Waals surface area contributed by atoms with Gasteiger partial charge in [-0.3, -0.25) is 9.69 Å². The van der Waals surface area contributed by atoms with Gasteiger partial charge in [-0.15, -0.1) is 22.7 Å². The van der Waals surface area contributed by atoms with Crippen molar-refractivity contribution in [2.75, 3.05) is 64.0 Å². The zero-order chi connectivity index (χ0) is 38.0. The molecule has 6 aromatic rings. The first-order valence-corrected chi connectivity index (χ1v) is 20.1. The number of carboxylic acid groups (broad SMARTS) is 1. The number of benzene rings is 2. The molecule has 2 aromatic carbocycles. The van der Waals surface area contributed by atoms with Gasteiger partial charge in [0.05, 0.1) is 34.3 Å². The smallest absolute Gasteiger partial charge is 0.335 e. The van der Waals surface area contributed by atoms with Gasteiger partial charge in [0.2, 0.25) is 11.9 Å². The second-order valence-electron chi connectivity index (χ2n) is 12.4. The standard InChI is InChI=1S/C23H27BrN6OS.C15H10BrN3O2S/c1-28(2)11-12-29-13-15-30(16-14-29)22(31)17-3-5-18(6-4-17)26-23-25-10-9-19(27-23)20-7-8-21(24)32-20;16-13-6-5-12(22-13)11-7-8-17-15(19-11)18-10-3-1-9(2-4-10)14(20)21/h3-10H,11-16H2,1-2H3,(H,25,26,27);1-8H,(H,20,21)(H,17,18,19). The third-order valence-electron chi connectivity index (χ3n) is 8.26. The number of nitrogens with one attached hydrogen (secondary N) is 2. The number of likely N-dealkylation sites (N-methyl/N-ethyl adjacent to an activating group) is 1. The summed E-state index contributed by atoms with van der Waals surface area (Å²) in [5.41, 5.74) is 4.22. The summed E-state index contributed by atoms with van der Waals surface area (Å²) in [4.78, 5) is 49.9. The average Bonchev–Trinajstić information content (AvgIpc) is 3.83. The van der Waals surface area contributed by atoms with E-state index in [0.717, 1.165) is 79.4 Å². The number of carbonyl (C=O) groups excluding carboxylic acids is 1. The number of aromatic carboxylic acids is 1. The SMILES string of the molecule is CN(C)CCN1CCN(C(=O)c2ccc(Nc3nccc(-c4ccc(Br)s4)n3)cc2)CC1.O=C(O)c1ccc(Nc2nccc(-c3ccc(Br)s3)n2)cc1. The zero-order valence-electron chi connectivity index (χ0n) is 29.4. The van der Waals surface area contributed by atoms with Crippen molar-refractivity contribution >= 4 is 89.7 Å². The van der Waals surface area contributed by atoms with Gasteiger partial charge in [0.15, 0.2) is 0 Å². The molecule has 1 saturated heterocycles. The first-order chi connectivity index (χ1) is 26.1. The number of aromatic nitrogens is 4. The molecule has 278 valence electrons. The molecule has 0 aliphatic carbocycles. The van der Waals surface area contributed by atoms with Gasteiger partial charge in [0.25, 0.3) is 5.91 Å². The van der Waals surface area contributed by atoms with Crippen LogP contribution >= 0.6 is 54.5 Å². The molecular formula is C38H37Br2N9O3S2. The lowest BCUT2D eigenvalue weighted by Gasteiger charge is -2.35. The van der Waals surface area contributed by atoms with E-state index in [-0.39, 0.29) is 11.5 Å². The number of anilines is 4. The number of thiophene rings is 2. The number of nitrogens with zero attached hydrogens (tertiary/aromatic N) is 7. The second-order valence-corrected chi connectivity index (χ2v) is 17.3. The van der Waals surface area contributed by atoms with Crippen LogP contribution in [0.5, 0.6) is 0 Å². The molecule has 5 heterocycles. The highest BCUT2D eigenvalue weighted by Gasteiger charge is 2.22. The Kier molecular flexibility index (Phi) is 13.5. The molecule has 1 aliphatic rings. The molecule has 3 N–H and O–H groups in total. The fourth-order valence-corrected chi connectivity index (χ4v) is 8.08. The topological polar surface area (TPSA) is 140 Å². The van der Waals surface area contributed by atoms with E-state index in [1.54, 1.807) is 47.2 Å². The number of piperazine rings is 1. The maximum absolute atomic E-state index is 12.9. The Morgan fingerprint density at radius 1 is 0.704 bits per heavy atom. The summed E-state index contributed by atoms with van der Waals surface area (Å²) in [6.07, 6.45) is 3.43. The van der Waals surface area contributed by atoms with Gasteiger partial charge >= 0.3 is 5.97 Å². The first-order valence-electron chi connectivity index (χ1n) is 16.9. The predicted molar refractivity (Wildman–Crippen MR) is 223 cm³/mol. The van der Waals surface area contributed by atoms with Gasteiger partial charge in [0, 0.05) is 68.6 Å². The van der Waals surface area contributed by atoms with Gasteiger partial charge < -0.3 is 25.5 Å². The molecule has 4 aromatic heterocycles. The van der Waals surface area contributed by atoms with Crippen LogP contribution in [0.4, 0.5) is 23.3 Å². The fourth-order valence-electron chi connectivity index (χ4n) is 5.37. The highest BCUT2D eigenvalue weighted by atomic mass is 79.9. The Labute approximate surface area is 338 Å². The van der Waals surface area contributed by atoms with Gasteiger partial charge in [-0.1, -0.05) is 0 Å². The van der Waals surface area contributed by atoms with Crippen LogP contribution in [0.3, 0.4) is 0 Å². The van der Waals surface area contributed by atoms with E-state index >= 15 is 0 Å². The second kappa shape index (κ2) is 18.6. The normalized spacial score (nSPS) is 12.9. The van der Waals surface area contributed by atoms with Crippen LogP contribution in [0, 0.1) is 0 Å². The van der Waals surface area contributed by atoms with Crippen LogP contribution in [-0.2, 0) is 0 Å². The Hall–Kier alpha value is -4.58. The Bertz CT molecular complexity index is 2170. The maximum Gasteiger partial charge on any atom is 0.335 e. The molecule has 0 bridgehead atoms. The molecular weight excluding hydrogens is 854 g/mol. The molecule has 16 heteroatoms. The number of amides is 1. The Morgan fingerprint density at radius 3 is 1.61 bits per heavy atom. The Balaban J connectivity index is 0.000000197. The van der Waals surface area contributed by atoms with Crippen molar-refractivity contribution in [3.8, 4) is 21.1 Å². The largest absolute Gasteiger partial charge is 0.478 e. The molecule has 0 radical (unpaired) electrons. The van der Waals surface area contributed by atoms with Gasteiger partial charge in [-0.2, -0.15) is 0 Å². The third-order valence-corrected chi connectivity index (χ3v) is 11.6. The van der Waals surface area contributed by atoms with Crippen LogP contribution in [0.1, 0.15) is 20.7 Å². The molecule has 1 amide bonds. The van der Waals surface area contributed by atoms with Crippen LogP contribution in [-0.4, -0.2) is 105 Å². The van der Waals surface area contributed by atoms with E-state index in [1.807, 2.05) is 65.6 Å². The van der Waals surface area contributed by atoms with E-state index < -0.39 is 5.97 Å². The van der Waals surface area contributed by atoms with E-state index in [2.05, 4.69) is 86.3 Å². The third kappa shape index (κ3) is 11.0. The molecule has 54 heavy (non-hydrogen) atoms. The summed E-state index contributed by atoms with van der Waals surface area (Å²) in [6.45, 7) is 5.47.